The number of carbonyl (C=O) groups excluding carboxylic acids is 3. The van der Waals surface area contributed by atoms with Crippen molar-refractivity contribution in [1.29, 1.82) is 0 Å². The highest BCUT2D eigenvalue weighted by molar-refractivity contribution is 8.00. The van der Waals surface area contributed by atoms with Gasteiger partial charge in [-0.25, -0.2) is 0 Å². The van der Waals surface area contributed by atoms with Gasteiger partial charge < -0.3 is 10.6 Å². The van der Waals surface area contributed by atoms with Crippen LogP contribution in [0, 0.1) is 0 Å². The zero-order chi connectivity index (χ0) is 30.3. The van der Waals surface area contributed by atoms with Crippen LogP contribution in [0.1, 0.15) is 15.9 Å². The first-order chi connectivity index (χ1) is 21.5. The summed E-state index contributed by atoms with van der Waals surface area (Å²) in [5.74, 6) is -0.682. The van der Waals surface area contributed by atoms with Gasteiger partial charge in [-0.15, -0.1) is 11.8 Å². The van der Waals surface area contributed by atoms with E-state index in [1.807, 2.05) is 103 Å². The molecule has 8 heteroatoms. The Morgan fingerprint density at radius 1 is 0.705 bits per heavy atom. The summed E-state index contributed by atoms with van der Waals surface area (Å²) < 4.78 is 0. The van der Waals surface area contributed by atoms with Crippen molar-refractivity contribution in [3.8, 4) is 0 Å². The highest BCUT2D eigenvalue weighted by Crippen LogP contribution is 2.48. The second kappa shape index (κ2) is 13.5. The second-order valence-corrected chi connectivity index (χ2v) is 12.0. The third-order valence-electron chi connectivity index (χ3n) is 6.78. The number of fused-ring (bicyclic) bond motifs is 2. The zero-order valence-corrected chi connectivity index (χ0v) is 25.1. The van der Waals surface area contributed by atoms with E-state index >= 15 is 0 Å². The number of rotatable bonds is 8. The van der Waals surface area contributed by atoms with Gasteiger partial charge in [0.2, 0.25) is 5.91 Å². The van der Waals surface area contributed by atoms with Crippen molar-refractivity contribution >= 4 is 64.4 Å². The number of hydrogen-bond acceptors (Lipinski definition) is 5. The minimum atomic E-state index is -0.463. The maximum absolute atomic E-state index is 13.6. The molecule has 1 aliphatic heterocycles. The summed E-state index contributed by atoms with van der Waals surface area (Å²) in [5.41, 5.74) is 3.62. The monoisotopic (exact) mass is 613 g/mol. The molecule has 0 saturated carbocycles. The smallest absolute Gasteiger partial charge is 0.272 e. The molecule has 2 N–H and O–H groups in total. The zero-order valence-electron chi connectivity index (χ0n) is 23.5. The van der Waals surface area contributed by atoms with Gasteiger partial charge in [-0.3, -0.25) is 19.3 Å². The highest BCUT2D eigenvalue weighted by atomic mass is 32.2. The highest BCUT2D eigenvalue weighted by Gasteiger charge is 2.27. The number of hydrogen-bond donors (Lipinski definition) is 2. The fourth-order valence-corrected chi connectivity index (χ4v) is 6.57. The van der Waals surface area contributed by atoms with Crippen LogP contribution in [0.15, 0.2) is 154 Å². The number of amides is 3. The molecule has 3 amide bonds. The summed E-state index contributed by atoms with van der Waals surface area (Å²) in [7, 11) is 0. The van der Waals surface area contributed by atoms with Crippen molar-refractivity contribution in [3.63, 3.8) is 0 Å². The Morgan fingerprint density at radius 2 is 1.32 bits per heavy atom. The standard InChI is InChI=1S/C36H27N3O3S2/c40-34(39-30-18-7-9-20-32(30)44-33-21-10-8-19-31(33)39)24-43-28-17-11-16-27(23-28)37-36(42)29(22-25-12-3-1-4-13-25)38-35(41)26-14-5-2-6-15-26/h1-23H,24H2,(H,37,42)(H,38,41)/b29-22-. The molecule has 0 aromatic heterocycles. The third kappa shape index (κ3) is 6.78. The molecule has 216 valence electrons. The molecule has 6 nitrogen and oxygen atoms in total. The van der Waals surface area contributed by atoms with Gasteiger partial charge in [-0.05, 0) is 66.2 Å². The lowest BCUT2D eigenvalue weighted by atomic mass is 10.1. The van der Waals surface area contributed by atoms with E-state index in [1.54, 1.807) is 53.1 Å². The van der Waals surface area contributed by atoms with Crippen LogP contribution in [-0.2, 0) is 9.59 Å². The summed E-state index contributed by atoms with van der Waals surface area (Å²) in [4.78, 5) is 44.7. The molecule has 1 heterocycles. The molecule has 44 heavy (non-hydrogen) atoms. The van der Waals surface area contributed by atoms with E-state index in [0.29, 0.717) is 11.3 Å². The number of para-hydroxylation sites is 2. The van der Waals surface area contributed by atoms with Crippen molar-refractivity contribution in [3.05, 3.63) is 150 Å². The van der Waals surface area contributed by atoms with E-state index in [1.165, 1.54) is 11.8 Å². The van der Waals surface area contributed by atoms with E-state index in [-0.39, 0.29) is 23.3 Å². The van der Waals surface area contributed by atoms with Crippen LogP contribution < -0.4 is 15.5 Å². The van der Waals surface area contributed by atoms with Crippen molar-refractivity contribution in [1.82, 2.24) is 5.32 Å². The van der Waals surface area contributed by atoms with Crippen LogP contribution in [0.4, 0.5) is 17.1 Å². The Bertz CT molecular complexity index is 1810. The van der Waals surface area contributed by atoms with Crippen molar-refractivity contribution in [2.45, 2.75) is 14.7 Å². The summed E-state index contributed by atoms with van der Waals surface area (Å²) in [5, 5.41) is 5.67. The molecule has 0 saturated heterocycles. The Labute approximate surface area is 264 Å². The predicted molar refractivity (Wildman–Crippen MR) is 178 cm³/mol. The number of thioether (sulfide) groups is 1. The Kier molecular flexibility index (Phi) is 8.91. The molecular weight excluding hydrogens is 587 g/mol. The average Bonchev–Trinajstić information content (AvgIpc) is 3.06. The molecule has 0 fully saturated rings. The largest absolute Gasteiger partial charge is 0.321 e. The topological polar surface area (TPSA) is 78.5 Å². The van der Waals surface area contributed by atoms with Gasteiger partial charge >= 0.3 is 0 Å². The molecule has 1 aliphatic rings. The van der Waals surface area contributed by atoms with Gasteiger partial charge in [0, 0.05) is 25.9 Å². The quantitative estimate of drug-likeness (QED) is 0.137. The minimum Gasteiger partial charge on any atom is -0.321 e. The summed E-state index contributed by atoms with van der Waals surface area (Å²) in [6, 6.07) is 41.2. The number of nitrogens with one attached hydrogen (secondary N) is 2. The van der Waals surface area contributed by atoms with Gasteiger partial charge in [-0.1, -0.05) is 90.6 Å². The fourth-order valence-electron chi connectivity index (χ4n) is 4.70. The van der Waals surface area contributed by atoms with E-state index in [4.69, 9.17) is 0 Å². The van der Waals surface area contributed by atoms with Crippen LogP contribution in [0.5, 0.6) is 0 Å². The number of nitrogens with zero attached hydrogens (tertiary/aromatic N) is 1. The predicted octanol–water partition coefficient (Wildman–Crippen LogP) is 8.02. The third-order valence-corrected chi connectivity index (χ3v) is 8.88. The van der Waals surface area contributed by atoms with Crippen molar-refractivity contribution < 1.29 is 14.4 Å². The minimum absolute atomic E-state index is 0.0404. The molecule has 5 aromatic carbocycles. The van der Waals surface area contributed by atoms with Gasteiger partial charge in [-0.2, -0.15) is 0 Å². The van der Waals surface area contributed by atoms with Crippen molar-refractivity contribution in [2.24, 2.45) is 0 Å². The van der Waals surface area contributed by atoms with E-state index in [0.717, 1.165) is 31.6 Å². The molecular formula is C36H27N3O3S2. The van der Waals surface area contributed by atoms with Crippen LogP contribution in [0.2, 0.25) is 0 Å². The fraction of sp³-hybridized carbons (Fsp3) is 0.0278. The molecule has 0 unspecified atom stereocenters. The number of anilines is 3. The maximum Gasteiger partial charge on any atom is 0.272 e. The lowest BCUT2D eigenvalue weighted by molar-refractivity contribution is -0.115. The molecule has 0 aliphatic carbocycles. The Hall–Kier alpha value is -5.05. The van der Waals surface area contributed by atoms with E-state index in [2.05, 4.69) is 10.6 Å². The van der Waals surface area contributed by atoms with E-state index < -0.39 is 5.91 Å². The first-order valence-corrected chi connectivity index (χ1v) is 15.7. The molecule has 5 aromatic rings. The summed E-state index contributed by atoms with van der Waals surface area (Å²) in [6.45, 7) is 0. The molecule has 0 radical (unpaired) electrons. The van der Waals surface area contributed by atoms with Gasteiger partial charge in [0.05, 0.1) is 17.1 Å². The van der Waals surface area contributed by atoms with Gasteiger partial charge in [0.1, 0.15) is 5.70 Å². The van der Waals surface area contributed by atoms with E-state index in [9.17, 15) is 14.4 Å². The lowest BCUT2D eigenvalue weighted by Crippen LogP contribution is -2.30. The van der Waals surface area contributed by atoms with Crippen molar-refractivity contribution in [2.75, 3.05) is 16.0 Å². The average molecular weight is 614 g/mol. The van der Waals surface area contributed by atoms with Gasteiger partial charge in [0.25, 0.3) is 11.8 Å². The molecule has 6 rings (SSSR count). The lowest BCUT2D eigenvalue weighted by Gasteiger charge is -2.31. The number of carbonyl (C=O) groups is 3. The second-order valence-electron chi connectivity index (χ2n) is 9.83. The van der Waals surface area contributed by atoms with Crippen LogP contribution >= 0.6 is 23.5 Å². The SMILES string of the molecule is O=C(Nc1cccc(SCC(=O)N2c3ccccc3Sc3ccccc32)c1)/C(=C/c1ccccc1)NC(=O)c1ccccc1. The van der Waals surface area contributed by atoms with Crippen LogP contribution in [0.25, 0.3) is 6.08 Å². The maximum atomic E-state index is 13.6. The first kappa shape index (κ1) is 29.0. The van der Waals surface area contributed by atoms with Crippen LogP contribution in [0.3, 0.4) is 0 Å². The van der Waals surface area contributed by atoms with Crippen LogP contribution in [-0.4, -0.2) is 23.5 Å². The Morgan fingerprint density at radius 3 is 2.00 bits per heavy atom. The first-order valence-electron chi connectivity index (χ1n) is 13.9. The summed E-state index contributed by atoms with van der Waals surface area (Å²) in [6.07, 6.45) is 1.64. The molecule has 0 spiro atoms. The summed E-state index contributed by atoms with van der Waals surface area (Å²) >= 11 is 3.06. The molecule has 0 bridgehead atoms. The van der Waals surface area contributed by atoms with Gasteiger partial charge in [0.15, 0.2) is 0 Å². The molecule has 0 atom stereocenters. The number of benzene rings is 5. The normalized spacial score (nSPS) is 12.1. The Balaban J connectivity index is 1.17.